The van der Waals surface area contributed by atoms with Crippen LogP contribution in [0.4, 0.5) is 11.6 Å². The summed E-state index contributed by atoms with van der Waals surface area (Å²) in [6.07, 6.45) is 3.35. The molecule has 0 spiro atoms. The summed E-state index contributed by atoms with van der Waals surface area (Å²) in [6.45, 7) is 4.99. The third-order valence-electron chi connectivity index (χ3n) is 3.78. The molecule has 1 aromatic heterocycles. The lowest BCUT2D eigenvalue weighted by Crippen LogP contribution is -2.16. The van der Waals surface area contributed by atoms with Crippen LogP contribution >= 0.6 is 0 Å². The summed E-state index contributed by atoms with van der Waals surface area (Å²) in [6, 6.07) is 6.94. The number of amides is 1. The van der Waals surface area contributed by atoms with E-state index in [4.69, 9.17) is 9.47 Å². The molecular weight excluding hydrogens is 320 g/mol. The Morgan fingerprint density at radius 1 is 1.16 bits per heavy atom. The number of aryl methyl sites for hydroxylation is 1. The van der Waals surface area contributed by atoms with Gasteiger partial charge < -0.3 is 20.1 Å². The van der Waals surface area contributed by atoms with Crippen LogP contribution in [0.3, 0.4) is 0 Å². The second-order valence-corrected chi connectivity index (χ2v) is 5.87. The summed E-state index contributed by atoms with van der Waals surface area (Å²) >= 11 is 0. The van der Waals surface area contributed by atoms with E-state index in [0.717, 1.165) is 31.5 Å². The van der Waals surface area contributed by atoms with Crippen molar-refractivity contribution in [1.29, 1.82) is 0 Å². The number of ether oxygens (including phenoxy) is 2. The van der Waals surface area contributed by atoms with Crippen molar-refractivity contribution in [3.05, 3.63) is 35.7 Å². The molecule has 7 nitrogen and oxygen atoms in total. The average Bonchev–Trinajstić information content (AvgIpc) is 3.06. The number of unbranched alkanes of at least 4 members (excludes halogenated alkanes) is 2. The monoisotopic (exact) mass is 342 g/mol. The van der Waals surface area contributed by atoms with Crippen LogP contribution in [-0.2, 0) is 0 Å². The SMILES string of the molecule is CCCCCNc1nc(C)cc(C(=O)Nc2ccc3c(c2)OCO3)n1. The van der Waals surface area contributed by atoms with Crippen molar-refractivity contribution in [2.75, 3.05) is 24.0 Å². The van der Waals surface area contributed by atoms with Crippen molar-refractivity contribution in [3.8, 4) is 11.5 Å². The van der Waals surface area contributed by atoms with Crippen molar-refractivity contribution in [1.82, 2.24) is 9.97 Å². The van der Waals surface area contributed by atoms with Crippen LogP contribution in [0.2, 0.25) is 0 Å². The first-order valence-corrected chi connectivity index (χ1v) is 8.46. The minimum atomic E-state index is -0.291. The molecule has 0 radical (unpaired) electrons. The number of carbonyl (C=O) groups is 1. The number of nitrogens with zero attached hydrogens (tertiary/aromatic N) is 2. The summed E-state index contributed by atoms with van der Waals surface area (Å²) in [5.41, 5.74) is 1.69. The van der Waals surface area contributed by atoms with Gasteiger partial charge in [0.15, 0.2) is 11.5 Å². The first kappa shape index (κ1) is 17.0. The van der Waals surface area contributed by atoms with Crippen LogP contribution in [0.25, 0.3) is 0 Å². The third-order valence-corrected chi connectivity index (χ3v) is 3.78. The molecule has 132 valence electrons. The highest BCUT2D eigenvalue weighted by Crippen LogP contribution is 2.34. The number of hydrogen-bond donors (Lipinski definition) is 2. The molecule has 0 aliphatic carbocycles. The van der Waals surface area contributed by atoms with Gasteiger partial charge in [-0.05, 0) is 31.5 Å². The Labute approximate surface area is 146 Å². The number of aromatic nitrogens is 2. The Bertz CT molecular complexity index is 764. The van der Waals surface area contributed by atoms with Crippen LogP contribution in [0.1, 0.15) is 42.4 Å². The van der Waals surface area contributed by atoms with E-state index in [1.54, 1.807) is 24.3 Å². The fourth-order valence-corrected chi connectivity index (χ4v) is 2.51. The van der Waals surface area contributed by atoms with E-state index in [-0.39, 0.29) is 12.7 Å². The van der Waals surface area contributed by atoms with Gasteiger partial charge in [0.05, 0.1) is 0 Å². The number of anilines is 2. The van der Waals surface area contributed by atoms with Gasteiger partial charge in [0.2, 0.25) is 12.7 Å². The molecule has 0 unspecified atom stereocenters. The molecule has 1 aromatic carbocycles. The molecule has 3 rings (SSSR count). The number of nitrogens with one attached hydrogen (secondary N) is 2. The van der Waals surface area contributed by atoms with E-state index < -0.39 is 0 Å². The van der Waals surface area contributed by atoms with Crippen LogP contribution < -0.4 is 20.1 Å². The summed E-state index contributed by atoms with van der Waals surface area (Å²) in [4.78, 5) is 21.1. The van der Waals surface area contributed by atoms with E-state index >= 15 is 0 Å². The fourth-order valence-electron chi connectivity index (χ4n) is 2.51. The molecule has 7 heteroatoms. The molecule has 0 bridgehead atoms. The Balaban J connectivity index is 1.68. The predicted octanol–water partition coefficient (Wildman–Crippen LogP) is 3.37. The molecule has 2 heterocycles. The smallest absolute Gasteiger partial charge is 0.274 e. The molecule has 1 aliphatic heterocycles. The fraction of sp³-hybridized carbons (Fsp3) is 0.389. The number of carbonyl (C=O) groups excluding carboxylic acids is 1. The maximum absolute atomic E-state index is 12.5. The van der Waals surface area contributed by atoms with Gasteiger partial charge in [-0.3, -0.25) is 4.79 Å². The third kappa shape index (κ3) is 4.37. The maximum atomic E-state index is 12.5. The Morgan fingerprint density at radius 2 is 2.00 bits per heavy atom. The first-order valence-electron chi connectivity index (χ1n) is 8.46. The number of rotatable bonds is 7. The largest absolute Gasteiger partial charge is 0.454 e. The molecular formula is C18H22N4O3. The Hall–Kier alpha value is -2.83. The zero-order valence-corrected chi connectivity index (χ0v) is 14.5. The number of benzene rings is 1. The molecule has 0 atom stereocenters. The van der Waals surface area contributed by atoms with Gasteiger partial charge in [-0.2, -0.15) is 0 Å². The van der Waals surface area contributed by atoms with Gasteiger partial charge in [-0.1, -0.05) is 19.8 Å². The van der Waals surface area contributed by atoms with Gasteiger partial charge in [0.1, 0.15) is 5.69 Å². The summed E-state index contributed by atoms with van der Waals surface area (Å²) in [5, 5.41) is 6.00. The molecule has 2 aromatic rings. The minimum Gasteiger partial charge on any atom is -0.454 e. The summed E-state index contributed by atoms with van der Waals surface area (Å²) in [7, 11) is 0. The molecule has 1 aliphatic rings. The first-order chi connectivity index (χ1) is 12.2. The van der Waals surface area contributed by atoms with Crippen molar-refractivity contribution in [3.63, 3.8) is 0 Å². The molecule has 0 saturated carbocycles. The van der Waals surface area contributed by atoms with Gasteiger partial charge in [0.25, 0.3) is 5.91 Å². The van der Waals surface area contributed by atoms with Crippen LogP contribution in [0.15, 0.2) is 24.3 Å². The van der Waals surface area contributed by atoms with Crippen molar-refractivity contribution in [2.45, 2.75) is 33.1 Å². The maximum Gasteiger partial charge on any atom is 0.274 e. The van der Waals surface area contributed by atoms with Gasteiger partial charge in [-0.15, -0.1) is 0 Å². The van der Waals surface area contributed by atoms with E-state index in [9.17, 15) is 4.79 Å². The molecule has 1 amide bonds. The van der Waals surface area contributed by atoms with Gasteiger partial charge in [0, 0.05) is 24.0 Å². The highest BCUT2D eigenvalue weighted by molar-refractivity contribution is 6.03. The summed E-state index contributed by atoms with van der Waals surface area (Å²) < 4.78 is 10.6. The van der Waals surface area contributed by atoms with Crippen LogP contribution in [0, 0.1) is 6.92 Å². The van der Waals surface area contributed by atoms with Crippen LogP contribution in [0.5, 0.6) is 11.5 Å². The second kappa shape index (κ2) is 7.83. The van der Waals surface area contributed by atoms with E-state index in [2.05, 4.69) is 27.5 Å². The highest BCUT2D eigenvalue weighted by atomic mass is 16.7. The second-order valence-electron chi connectivity index (χ2n) is 5.87. The minimum absolute atomic E-state index is 0.199. The predicted molar refractivity (Wildman–Crippen MR) is 95.3 cm³/mol. The van der Waals surface area contributed by atoms with Crippen molar-refractivity contribution < 1.29 is 14.3 Å². The zero-order chi connectivity index (χ0) is 17.6. The number of fused-ring (bicyclic) bond motifs is 1. The number of hydrogen-bond acceptors (Lipinski definition) is 6. The van der Waals surface area contributed by atoms with E-state index in [0.29, 0.717) is 28.8 Å². The Morgan fingerprint density at radius 3 is 2.84 bits per heavy atom. The zero-order valence-electron chi connectivity index (χ0n) is 14.5. The van der Waals surface area contributed by atoms with Gasteiger partial charge in [-0.25, -0.2) is 9.97 Å². The average molecular weight is 342 g/mol. The molecule has 25 heavy (non-hydrogen) atoms. The van der Waals surface area contributed by atoms with Crippen LogP contribution in [-0.4, -0.2) is 29.2 Å². The van der Waals surface area contributed by atoms with Gasteiger partial charge >= 0.3 is 0 Å². The van der Waals surface area contributed by atoms with Crippen molar-refractivity contribution in [2.24, 2.45) is 0 Å². The standard InChI is InChI=1S/C18H22N4O3/c1-3-4-5-8-19-18-20-12(2)9-14(22-18)17(23)21-13-6-7-15-16(10-13)25-11-24-15/h6-7,9-10H,3-5,8,11H2,1-2H3,(H,21,23)(H,19,20,22). The highest BCUT2D eigenvalue weighted by Gasteiger charge is 2.16. The van der Waals surface area contributed by atoms with E-state index in [1.807, 2.05) is 6.92 Å². The summed E-state index contributed by atoms with van der Waals surface area (Å²) in [5.74, 6) is 1.48. The quantitative estimate of drug-likeness (QED) is 0.751. The topological polar surface area (TPSA) is 85.4 Å². The lowest BCUT2D eigenvalue weighted by molar-refractivity contribution is 0.102. The molecule has 0 fully saturated rings. The van der Waals surface area contributed by atoms with Crippen molar-refractivity contribution >= 4 is 17.5 Å². The molecule has 0 saturated heterocycles. The lowest BCUT2D eigenvalue weighted by atomic mass is 10.2. The Kier molecular flexibility index (Phi) is 5.33. The van der Waals surface area contributed by atoms with E-state index in [1.165, 1.54) is 0 Å². The lowest BCUT2D eigenvalue weighted by Gasteiger charge is -2.09. The molecule has 2 N–H and O–H groups in total. The normalized spacial score (nSPS) is 12.1.